The van der Waals surface area contributed by atoms with Crippen molar-refractivity contribution in [1.29, 1.82) is 0 Å². The van der Waals surface area contributed by atoms with Crippen LogP contribution in [0.15, 0.2) is 0 Å². The molecule has 122 valence electrons. The van der Waals surface area contributed by atoms with Crippen LogP contribution in [0.1, 0.15) is 57.8 Å². The lowest BCUT2D eigenvalue weighted by atomic mass is 9.84. The number of nitrogens with one attached hydrogen (secondary N) is 1. The van der Waals surface area contributed by atoms with E-state index in [1.165, 1.54) is 25.7 Å². The number of piperidine rings is 1. The van der Waals surface area contributed by atoms with Gasteiger partial charge >= 0.3 is 0 Å². The number of nitrogens with zero attached hydrogens (tertiary/aromatic N) is 1. The highest BCUT2D eigenvalue weighted by Crippen LogP contribution is 2.49. The van der Waals surface area contributed by atoms with Gasteiger partial charge in [-0.1, -0.05) is 12.8 Å². The van der Waals surface area contributed by atoms with E-state index >= 15 is 0 Å². The number of hydrogen-bond donors (Lipinski definition) is 1. The zero-order valence-corrected chi connectivity index (χ0v) is 13.4. The molecule has 0 spiro atoms. The van der Waals surface area contributed by atoms with Crippen molar-refractivity contribution in [3.05, 3.63) is 0 Å². The predicted octanol–water partition coefficient (Wildman–Crippen LogP) is 2.33. The van der Waals surface area contributed by atoms with Crippen LogP contribution in [-0.4, -0.2) is 35.8 Å². The average molecular weight is 304 g/mol. The van der Waals surface area contributed by atoms with Crippen LogP contribution in [0.2, 0.25) is 0 Å². The summed E-state index contributed by atoms with van der Waals surface area (Å²) in [6.45, 7) is 1.67. The van der Waals surface area contributed by atoms with Crippen LogP contribution in [0.3, 0.4) is 0 Å². The van der Waals surface area contributed by atoms with Gasteiger partial charge < -0.3 is 10.2 Å². The van der Waals surface area contributed by atoms with Crippen LogP contribution < -0.4 is 5.32 Å². The number of carbonyl (C=O) groups is 2. The van der Waals surface area contributed by atoms with Gasteiger partial charge in [-0.3, -0.25) is 9.59 Å². The monoisotopic (exact) mass is 304 g/mol. The Labute approximate surface area is 133 Å². The molecular formula is C18H28N2O2. The molecule has 3 saturated carbocycles. The van der Waals surface area contributed by atoms with Gasteiger partial charge in [-0.25, -0.2) is 0 Å². The summed E-state index contributed by atoms with van der Waals surface area (Å²) in [5.41, 5.74) is 0. The molecule has 0 radical (unpaired) electrons. The van der Waals surface area contributed by atoms with Gasteiger partial charge in [0.25, 0.3) is 0 Å². The van der Waals surface area contributed by atoms with E-state index in [2.05, 4.69) is 10.2 Å². The van der Waals surface area contributed by atoms with Gasteiger partial charge in [0, 0.05) is 31.0 Å². The van der Waals surface area contributed by atoms with Crippen LogP contribution in [0, 0.1) is 23.7 Å². The van der Waals surface area contributed by atoms with Gasteiger partial charge in [-0.05, 0) is 56.8 Å². The second-order valence-corrected chi connectivity index (χ2v) is 8.02. The van der Waals surface area contributed by atoms with Crippen LogP contribution in [-0.2, 0) is 9.59 Å². The molecule has 1 saturated heterocycles. The maximum Gasteiger partial charge on any atom is 0.225 e. The smallest absolute Gasteiger partial charge is 0.225 e. The first-order valence-electron chi connectivity index (χ1n) is 9.30. The third-order valence-electron chi connectivity index (χ3n) is 6.68. The van der Waals surface area contributed by atoms with Crippen LogP contribution >= 0.6 is 0 Å². The lowest BCUT2D eigenvalue weighted by Crippen LogP contribution is -2.50. The van der Waals surface area contributed by atoms with Crippen molar-refractivity contribution < 1.29 is 9.59 Å². The molecule has 0 aromatic carbocycles. The number of fused-ring (bicyclic) bond motifs is 2. The second-order valence-electron chi connectivity index (χ2n) is 8.02. The van der Waals surface area contributed by atoms with Crippen molar-refractivity contribution in [2.24, 2.45) is 23.7 Å². The number of amides is 2. The molecule has 2 bridgehead atoms. The lowest BCUT2D eigenvalue weighted by Gasteiger charge is -2.36. The van der Waals surface area contributed by atoms with Crippen molar-refractivity contribution in [2.75, 3.05) is 13.1 Å². The molecular weight excluding hydrogens is 276 g/mol. The van der Waals surface area contributed by atoms with Gasteiger partial charge in [-0.2, -0.15) is 0 Å². The summed E-state index contributed by atoms with van der Waals surface area (Å²) < 4.78 is 0. The Bertz CT molecular complexity index is 452. The Hall–Kier alpha value is -1.06. The van der Waals surface area contributed by atoms with Crippen LogP contribution in [0.25, 0.3) is 0 Å². The molecule has 3 atom stereocenters. The van der Waals surface area contributed by atoms with E-state index in [0.29, 0.717) is 17.7 Å². The average Bonchev–Trinajstić information content (AvgIpc) is 3.08. The molecule has 4 fully saturated rings. The van der Waals surface area contributed by atoms with Crippen LogP contribution in [0.5, 0.6) is 0 Å². The Morgan fingerprint density at radius 1 is 0.909 bits per heavy atom. The van der Waals surface area contributed by atoms with Gasteiger partial charge in [-0.15, -0.1) is 0 Å². The zero-order valence-electron chi connectivity index (χ0n) is 13.4. The number of rotatable bonds is 3. The van der Waals surface area contributed by atoms with Gasteiger partial charge in [0.1, 0.15) is 0 Å². The summed E-state index contributed by atoms with van der Waals surface area (Å²) in [7, 11) is 0. The third kappa shape index (κ3) is 2.65. The maximum atomic E-state index is 12.7. The van der Waals surface area contributed by atoms with Gasteiger partial charge in [0.15, 0.2) is 0 Å². The van der Waals surface area contributed by atoms with Crippen molar-refractivity contribution in [1.82, 2.24) is 10.2 Å². The van der Waals surface area contributed by atoms with E-state index in [9.17, 15) is 9.59 Å². The first kappa shape index (κ1) is 14.5. The summed E-state index contributed by atoms with van der Waals surface area (Å²) in [4.78, 5) is 26.8. The van der Waals surface area contributed by atoms with Gasteiger partial charge in [0.2, 0.25) is 11.8 Å². The SMILES string of the molecule is O=C(NC1CCN(C(=O)[C@@H]2C[C@H]3CC[C@H]2C3)CC1)C1CCC1. The molecule has 0 unspecified atom stereocenters. The number of likely N-dealkylation sites (tertiary alicyclic amines) is 1. The summed E-state index contributed by atoms with van der Waals surface area (Å²) >= 11 is 0. The minimum absolute atomic E-state index is 0.254. The van der Waals surface area contributed by atoms with Crippen molar-refractivity contribution in [2.45, 2.75) is 63.8 Å². The highest BCUT2D eigenvalue weighted by molar-refractivity contribution is 5.80. The molecule has 4 nitrogen and oxygen atoms in total. The number of hydrogen-bond acceptors (Lipinski definition) is 2. The first-order chi connectivity index (χ1) is 10.7. The van der Waals surface area contributed by atoms with E-state index in [1.54, 1.807) is 0 Å². The highest BCUT2D eigenvalue weighted by Gasteiger charge is 2.44. The fourth-order valence-electron chi connectivity index (χ4n) is 5.02. The van der Waals surface area contributed by atoms with E-state index in [0.717, 1.165) is 51.1 Å². The van der Waals surface area contributed by atoms with E-state index in [1.807, 2.05) is 0 Å². The summed E-state index contributed by atoms with van der Waals surface area (Å²) in [6.07, 6.45) is 10.3. The van der Waals surface area contributed by atoms with Crippen molar-refractivity contribution in [3.8, 4) is 0 Å². The minimum atomic E-state index is 0.254. The fraction of sp³-hybridized carbons (Fsp3) is 0.889. The lowest BCUT2D eigenvalue weighted by molar-refractivity contribution is -0.138. The zero-order chi connectivity index (χ0) is 15.1. The Morgan fingerprint density at radius 2 is 1.68 bits per heavy atom. The largest absolute Gasteiger partial charge is 0.353 e. The molecule has 3 aliphatic carbocycles. The van der Waals surface area contributed by atoms with Gasteiger partial charge in [0.05, 0.1) is 0 Å². The van der Waals surface area contributed by atoms with E-state index in [4.69, 9.17) is 0 Å². The Kier molecular flexibility index (Phi) is 3.87. The fourth-order valence-corrected chi connectivity index (χ4v) is 5.02. The summed E-state index contributed by atoms with van der Waals surface area (Å²) in [6, 6.07) is 0.289. The highest BCUT2D eigenvalue weighted by atomic mass is 16.2. The molecule has 0 aromatic heterocycles. The molecule has 2 amide bonds. The molecule has 4 heteroatoms. The third-order valence-corrected chi connectivity index (χ3v) is 6.68. The molecule has 22 heavy (non-hydrogen) atoms. The quantitative estimate of drug-likeness (QED) is 0.870. The second kappa shape index (κ2) is 5.86. The molecule has 4 rings (SSSR count). The van der Waals surface area contributed by atoms with Crippen molar-refractivity contribution in [3.63, 3.8) is 0 Å². The first-order valence-corrected chi connectivity index (χ1v) is 9.30. The molecule has 0 aromatic rings. The molecule has 1 aliphatic heterocycles. The molecule has 1 heterocycles. The van der Waals surface area contributed by atoms with Crippen LogP contribution in [0.4, 0.5) is 0 Å². The summed E-state index contributed by atoms with van der Waals surface area (Å²) in [5, 5.41) is 3.20. The Balaban J connectivity index is 1.25. The molecule has 4 aliphatic rings. The number of carbonyl (C=O) groups excluding carboxylic acids is 2. The van der Waals surface area contributed by atoms with E-state index in [-0.39, 0.29) is 17.9 Å². The standard InChI is InChI=1S/C18H28N2O2/c21-17(13-2-1-3-13)19-15-6-8-20(9-7-15)18(22)16-11-12-4-5-14(16)10-12/h12-16H,1-11H2,(H,19,21)/t12-,14-,16+/m0/s1. The van der Waals surface area contributed by atoms with Crippen molar-refractivity contribution >= 4 is 11.8 Å². The Morgan fingerprint density at radius 3 is 2.23 bits per heavy atom. The predicted molar refractivity (Wildman–Crippen MR) is 84.0 cm³/mol. The maximum absolute atomic E-state index is 12.7. The normalized spacial score (nSPS) is 35.5. The van der Waals surface area contributed by atoms with E-state index < -0.39 is 0 Å². The topological polar surface area (TPSA) is 49.4 Å². The molecule has 1 N–H and O–H groups in total. The minimum Gasteiger partial charge on any atom is -0.353 e. The summed E-state index contributed by atoms with van der Waals surface area (Å²) in [5.74, 6) is 2.76.